The molecule has 0 aliphatic carbocycles. The van der Waals surface area contributed by atoms with E-state index >= 15 is 0 Å². The van der Waals surface area contributed by atoms with Crippen molar-refractivity contribution in [3.63, 3.8) is 0 Å². The Morgan fingerprint density at radius 2 is 1.90 bits per heavy atom. The molecule has 2 rings (SSSR count). The molecule has 0 saturated carbocycles. The zero-order valence-corrected chi connectivity index (χ0v) is 13.2. The molecule has 1 N–H and O–H groups in total. The van der Waals surface area contributed by atoms with Crippen molar-refractivity contribution in [2.45, 2.75) is 52.0 Å². The average Bonchev–Trinajstić information content (AvgIpc) is 2.37. The number of nitrogens with zero attached hydrogens (tertiary/aromatic N) is 2. The summed E-state index contributed by atoms with van der Waals surface area (Å²) in [4.78, 5) is 16.3. The third-order valence-electron chi connectivity index (χ3n) is 4.77. The molecule has 0 unspecified atom stereocenters. The fourth-order valence-electron chi connectivity index (χ4n) is 3.54. The van der Waals surface area contributed by atoms with Gasteiger partial charge in [0.05, 0.1) is 6.54 Å². The largest absolute Gasteiger partial charge is 0.354 e. The fraction of sp³-hybridized carbons (Fsp3) is 0.938. The summed E-state index contributed by atoms with van der Waals surface area (Å²) >= 11 is 0. The molecule has 4 nitrogen and oxygen atoms in total. The van der Waals surface area contributed by atoms with E-state index in [1.54, 1.807) is 0 Å². The highest BCUT2D eigenvalue weighted by atomic mass is 16.2. The van der Waals surface area contributed by atoms with Crippen molar-refractivity contribution in [2.24, 2.45) is 5.92 Å². The van der Waals surface area contributed by atoms with Gasteiger partial charge in [0, 0.05) is 32.2 Å². The number of likely N-dealkylation sites (tertiary alicyclic amines) is 1. The van der Waals surface area contributed by atoms with Crippen LogP contribution in [0.5, 0.6) is 0 Å². The summed E-state index contributed by atoms with van der Waals surface area (Å²) < 4.78 is 0. The van der Waals surface area contributed by atoms with Crippen LogP contribution in [0.1, 0.15) is 46.0 Å². The van der Waals surface area contributed by atoms with Gasteiger partial charge in [-0.3, -0.25) is 9.69 Å². The smallest absolute Gasteiger partial charge is 0.234 e. The van der Waals surface area contributed by atoms with Crippen molar-refractivity contribution in [3.05, 3.63) is 0 Å². The Labute approximate surface area is 123 Å². The number of amides is 1. The highest BCUT2D eigenvalue weighted by Gasteiger charge is 2.33. The summed E-state index contributed by atoms with van der Waals surface area (Å²) in [6.07, 6.45) is 6.76. The van der Waals surface area contributed by atoms with Gasteiger partial charge in [-0.1, -0.05) is 39.5 Å². The lowest BCUT2D eigenvalue weighted by Gasteiger charge is -2.46. The zero-order valence-electron chi connectivity index (χ0n) is 13.2. The highest BCUT2D eigenvalue weighted by Crippen LogP contribution is 2.21. The molecule has 0 radical (unpaired) electrons. The van der Waals surface area contributed by atoms with Crippen LogP contribution in [0, 0.1) is 5.92 Å². The van der Waals surface area contributed by atoms with E-state index < -0.39 is 0 Å². The molecule has 0 bridgehead atoms. The van der Waals surface area contributed by atoms with Crippen molar-refractivity contribution < 1.29 is 4.79 Å². The van der Waals surface area contributed by atoms with Crippen LogP contribution >= 0.6 is 0 Å². The lowest BCUT2D eigenvalue weighted by atomic mass is 9.93. The topological polar surface area (TPSA) is 35.6 Å². The third kappa shape index (κ3) is 4.45. The summed E-state index contributed by atoms with van der Waals surface area (Å²) in [7, 11) is 0. The van der Waals surface area contributed by atoms with Crippen LogP contribution in [0.3, 0.4) is 0 Å². The Balaban J connectivity index is 1.62. The minimum atomic E-state index is 0.195. The van der Waals surface area contributed by atoms with Gasteiger partial charge < -0.3 is 10.2 Å². The van der Waals surface area contributed by atoms with Crippen molar-refractivity contribution in [2.75, 3.05) is 39.3 Å². The summed E-state index contributed by atoms with van der Waals surface area (Å²) in [5.74, 6) is 1.12. The van der Waals surface area contributed by atoms with Gasteiger partial charge in [0.1, 0.15) is 0 Å². The first kappa shape index (κ1) is 15.8. The molecule has 2 aliphatic rings. The number of rotatable bonds is 8. The van der Waals surface area contributed by atoms with Crippen LogP contribution in [0.2, 0.25) is 0 Å². The van der Waals surface area contributed by atoms with E-state index in [-0.39, 0.29) is 5.91 Å². The molecular weight excluding hydrogens is 250 g/mol. The molecule has 0 aromatic rings. The van der Waals surface area contributed by atoms with Gasteiger partial charge >= 0.3 is 0 Å². The van der Waals surface area contributed by atoms with Crippen molar-refractivity contribution in [1.82, 2.24) is 15.1 Å². The molecule has 1 amide bonds. The lowest BCUT2D eigenvalue weighted by molar-refractivity contribution is -0.126. The second-order valence-electron chi connectivity index (χ2n) is 6.47. The first-order chi connectivity index (χ1) is 9.72. The third-order valence-corrected chi connectivity index (χ3v) is 4.77. The van der Waals surface area contributed by atoms with Crippen molar-refractivity contribution in [3.8, 4) is 0 Å². The molecule has 0 aromatic carbocycles. The van der Waals surface area contributed by atoms with Crippen molar-refractivity contribution >= 4 is 5.91 Å². The first-order valence-corrected chi connectivity index (χ1v) is 8.46. The molecular formula is C16H31N3O. The second-order valence-corrected chi connectivity index (χ2v) is 6.47. The normalized spacial score (nSPS) is 22.1. The van der Waals surface area contributed by atoms with E-state index in [0.29, 0.717) is 12.6 Å². The minimum Gasteiger partial charge on any atom is -0.354 e. The van der Waals surface area contributed by atoms with Gasteiger partial charge in [0.2, 0.25) is 5.91 Å². The second kappa shape index (κ2) is 7.99. The van der Waals surface area contributed by atoms with Gasteiger partial charge in [-0.05, 0) is 18.9 Å². The number of carbonyl (C=O) groups excluding carboxylic acids is 1. The number of carbonyl (C=O) groups is 1. The number of hydrogen-bond donors (Lipinski definition) is 1. The van der Waals surface area contributed by atoms with Gasteiger partial charge in [0.25, 0.3) is 0 Å². The van der Waals surface area contributed by atoms with Crippen LogP contribution in [0.4, 0.5) is 0 Å². The maximum atomic E-state index is 11.4. The summed E-state index contributed by atoms with van der Waals surface area (Å²) in [5.41, 5.74) is 0. The average molecular weight is 281 g/mol. The predicted molar refractivity (Wildman–Crippen MR) is 82.7 cm³/mol. The van der Waals surface area contributed by atoms with E-state index in [2.05, 4.69) is 29.0 Å². The standard InChI is InChI=1S/C16H31N3O/c1-3-5-14(6-4-2)7-9-18-11-15(12-18)19-10-8-17-16(20)13-19/h14-15H,3-13H2,1-2H3,(H,17,20). The van der Waals surface area contributed by atoms with Crippen LogP contribution in [0.15, 0.2) is 0 Å². The Morgan fingerprint density at radius 3 is 2.50 bits per heavy atom. The number of nitrogens with one attached hydrogen (secondary N) is 1. The molecule has 4 heteroatoms. The summed E-state index contributed by atoms with van der Waals surface area (Å²) in [5, 5.41) is 2.90. The molecule has 2 aliphatic heterocycles. The number of piperazine rings is 1. The van der Waals surface area contributed by atoms with Crippen LogP contribution in [-0.4, -0.2) is 61.0 Å². The Hall–Kier alpha value is -0.610. The zero-order chi connectivity index (χ0) is 14.4. The van der Waals surface area contributed by atoms with E-state index in [0.717, 1.165) is 32.1 Å². The van der Waals surface area contributed by atoms with Crippen LogP contribution < -0.4 is 5.32 Å². The van der Waals surface area contributed by atoms with Crippen LogP contribution in [0.25, 0.3) is 0 Å². The molecule has 2 heterocycles. The highest BCUT2D eigenvalue weighted by molar-refractivity contribution is 5.78. The lowest BCUT2D eigenvalue weighted by Crippen LogP contribution is -2.63. The molecule has 2 saturated heterocycles. The maximum Gasteiger partial charge on any atom is 0.234 e. The monoisotopic (exact) mass is 281 g/mol. The van der Waals surface area contributed by atoms with Crippen molar-refractivity contribution in [1.29, 1.82) is 0 Å². The minimum absolute atomic E-state index is 0.195. The van der Waals surface area contributed by atoms with E-state index in [4.69, 9.17) is 0 Å². The molecule has 116 valence electrons. The molecule has 20 heavy (non-hydrogen) atoms. The summed E-state index contributed by atoms with van der Waals surface area (Å²) in [6.45, 7) is 10.6. The molecule has 0 spiro atoms. The van der Waals surface area contributed by atoms with Crippen LogP contribution in [-0.2, 0) is 4.79 Å². The molecule has 2 fully saturated rings. The summed E-state index contributed by atoms with van der Waals surface area (Å²) in [6, 6.07) is 0.622. The first-order valence-electron chi connectivity index (χ1n) is 8.46. The fourth-order valence-corrected chi connectivity index (χ4v) is 3.54. The van der Waals surface area contributed by atoms with E-state index in [9.17, 15) is 4.79 Å². The Bertz CT molecular complexity index is 296. The van der Waals surface area contributed by atoms with Gasteiger partial charge in [-0.15, -0.1) is 0 Å². The predicted octanol–water partition coefficient (Wildman–Crippen LogP) is 1.71. The van der Waals surface area contributed by atoms with Gasteiger partial charge in [0.15, 0.2) is 0 Å². The van der Waals surface area contributed by atoms with Gasteiger partial charge in [-0.25, -0.2) is 0 Å². The Kier molecular flexibility index (Phi) is 6.30. The number of hydrogen-bond acceptors (Lipinski definition) is 3. The molecule has 0 aromatic heterocycles. The van der Waals surface area contributed by atoms with Gasteiger partial charge in [-0.2, -0.15) is 0 Å². The Morgan fingerprint density at radius 1 is 1.20 bits per heavy atom. The SMILES string of the molecule is CCCC(CCC)CCN1CC(N2CCNC(=O)C2)C1. The van der Waals surface area contributed by atoms with E-state index in [1.807, 2.05) is 0 Å². The quantitative estimate of drug-likeness (QED) is 0.736. The molecule has 0 atom stereocenters. The maximum absolute atomic E-state index is 11.4. The van der Waals surface area contributed by atoms with E-state index in [1.165, 1.54) is 38.6 Å².